The van der Waals surface area contributed by atoms with Crippen LogP contribution in [0.4, 0.5) is 0 Å². The Morgan fingerprint density at radius 2 is 2.50 bits per heavy atom. The second kappa shape index (κ2) is 3.73. The first-order chi connectivity index (χ1) is 6.72. The van der Waals surface area contributed by atoms with Crippen molar-refractivity contribution in [1.29, 1.82) is 0 Å². The molecule has 3 heteroatoms. The summed E-state index contributed by atoms with van der Waals surface area (Å²) in [6.07, 6.45) is 5.49. The van der Waals surface area contributed by atoms with Gasteiger partial charge in [0, 0.05) is 18.0 Å². The van der Waals surface area contributed by atoms with Gasteiger partial charge in [0.15, 0.2) is 5.78 Å². The van der Waals surface area contributed by atoms with E-state index >= 15 is 0 Å². The molecule has 0 bridgehead atoms. The van der Waals surface area contributed by atoms with Gasteiger partial charge < -0.3 is 0 Å². The van der Waals surface area contributed by atoms with E-state index in [0.29, 0.717) is 0 Å². The number of thioether (sulfide) groups is 1. The van der Waals surface area contributed by atoms with Crippen LogP contribution in [0.5, 0.6) is 0 Å². The van der Waals surface area contributed by atoms with E-state index in [-0.39, 0.29) is 10.5 Å². The van der Waals surface area contributed by atoms with Gasteiger partial charge in [-0.15, -0.1) is 11.8 Å². The van der Waals surface area contributed by atoms with Crippen molar-refractivity contribution in [2.45, 2.75) is 24.5 Å². The number of carbonyl (C=O) groups excluding carboxylic acids is 1. The van der Waals surface area contributed by atoms with Crippen molar-refractivity contribution >= 4 is 17.5 Å². The van der Waals surface area contributed by atoms with Crippen LogP contribution in [-0.2, 0) is 0 Å². The van der Waals surface area contributed by atoms with E-state index in [0.717, 1.165) is 24.2 Å². The van der Waals surface area contributed by atoms with Crippen molar-refractivity contribution in [1.82, 2.24) is 4.98 Å². The standard InChI is InChI=1S/C11H13NOS/c1-11(5-3-7-14-11)10(13)9-4-2-6-12-8-9/h2,4,6,8H,3,5,7H2,1H3. The Hall–Kier alpha value is -0.830. The fourth-order valence-corrected chi connectivity index (χ4v) is 3.04. The second-order valence-corrected chi connectivity index (χ2v) is 5.35. The van der Waals surface area contributed by atoms with Gasteiger partial charge in [-0.1, -0.05) is 0 Å². The molecule has 0 radical (unpaired) electrons. The summed E-state index contributed by atoms with van der Waals surface area (Å²) in [5.74, 6) is 1.33. The molecule has 0 aromatic carbocycles. The van der Waals surface area contributed by atoms with Crippen molar-refractivity contribution in [2.24, 2.45) is 0 Å². The molecule has 1 atom stereocenters. The molecule has 2 nitrogen and oxygen atoms in total. The van der Waals surface area contributed by atoms with E-state index in [1.165, 1.54) is 0 Å². The van der Waals surface area contributed by atoms with Crippen molar-refractivity contribution in [3.8, 4) is 0 Å². The van der Waals surface area contributed by atoms with Gasteiger partial charge in [-0.2, -0.15) is 0 Å². The lowest BCUT2D eigenvalue weighted by atomic mass is 9.96. The molecular weight excluding hydrogens is 194 g/mol. The third kappa shape index (κ3) is 1.69. The number of aromatic nitrogens is 1. The summed E-state index contributed by atoms with van der Waals surface area (Å²) in [6, 6.07) is 3.66. The van der Waals surface area contributed by atoms with Gasteiger partial charge in [0.2, 0.25) is 0 Å². The Balaban J connectivity index is 2.24. The molecule has 0 N–H and O–H groups in total. The summed E-state index contributed by atoms with van der Waals surface area (Å²) in [5.41, 5.74) is 0.740. The topological polar surface area (TPSA) is 30.0 Å². The third-order valence-corrected chi connectivity index (χ3v) is 4.14. The second-order valence-electron chi connectivity index (χ2n) is 3.75. The van der Waals surface area contributed by atoms with Gasteiger partial charge in [0.25, 0.3) is 0 Å². The predicted molar refractivity (Wildman–Crippen MR) is 58.7 cm³/mol. The molecular formula is C11H13NOS. The Morgan fingerprint density at radius 1 is 1.64 bits per heavy atom. The van der Waals surface area contributed by atoms with Gasteiger partial charge in [0.1, 0.15) is 0 Å². The number of carbonyl (C=O) groups is 1. The molecule has 0 saturated carbocycles. The van der Waals surface area contributed by atoms with Crippen molar-refractivity contribution in [3.63, 3.8) is 0 Å². The largest absolute Gasteiger partial charge is 0.293 e. The lowest BCUT2D eigenvalue weighted by Gasteiger charge is -2.20. The highest BCUT2D eigenvalue weighted by atomic mass is 32.2. The van der Waals surface area contributed by atoms with Gasteiger partial charge >= 0.3 is 0 Å². The average molecular weight is 207 g/mol. The minimum Gasteiger partial charge on any atom is -0.293 e. The van der Waals surface area contributed by atoms with Crippen molar-refractivity contribution in [3.05, 3.63) is 30.1 Å². The normalized spacial score (nSPS) is 26.4. The van der Waals surface area contributed by atoms with Gasteiger partial charge in [-0.05, 0) is 37.7 Å². The molecule has 1 fully saturated rings. The van der Waals surface area contributed by atoms with E-state index in [1.807, 2.05) is 19.1 Å². The van der Waals surface area contributed by atoms with Crippen LogP contribution in [0.2, 0.25) is 0 Å². The lowest BCUT2D eigenvalue weighted by Crippen LogP contribution is -2.28. The van der Waals surface area contributed by atoms with Crippen LogP contribution in [0.1, 0.15) is 30.1 Å². The number of nitrogens with zero attached hydrogens (tertiary/aromatic N) is 1. The highest BCUT2D eigenvalue weighted by Gasteiger charge is 2.37. The zero-order valence-corrected chi connectivity index (χ0v) is 9.01. The van der Waals surface area contributed by atoms with Crippen LogP contribution >= 0.6 is 11.8 Å². The molecule has 1 saturated heterocycles. The molecule has 2 rings (SSSR count). The number of hydrogen-bond donors (Lipinski definition) is 0. The molecule has 0 aliphatic carbocycles. The van der Waals surface area contributed by atoms with E-state index in [4.69, 9.17) is 0 Å². The number of hydrogen-bond acceptors (Lipinski definition) is 3. The quantitative estimate of drug-likeness (QED) is 0.698. The van der Waals surface area contributed by atoms with E-state index < -0.39 is 0 Å². The van der Waals surface area contributed by atoms with Crippen molar-refractivity contribution in [2.75, 3.05) is 5.75 Å². The minimum absolute atomic E-state index is 0.205. The molecule has 2 heterocycles. The Labute approximate surface area is 88.1 Å². The maximum atomic E-state index is 12.1. The number of rotatable bonds is 2. The summed E-state index contributed by atoms with van der Waals surface area (Å²) in [6.45, 7) is 2.04. The maximum absolute atomic E-state index is 12.1. The van der Waals surface area contributed by atoms with Crippen LogP contribution in [-0.4, -0.2) is 21.3 Å². The first-order valence-electron chi connectivity index (χ1n) is 4.81. The van der Waals surface area contributed by atoms with Crippen LogP contribution in [0.3, 0.4) is 0 Å². The molecule has 0 amide bonds. The Morgan fingerprint density at radius 3 is 3.07 bits per heavy atom. The first-order valence-corrected chi connectivity index (χ1v) is 5.80. The first kappa shape index (κ1) is 9.71. The predicted octanol–water partition coefficient (Wildman–Crippen LogP) is 2.55. The highest BCUT2D eigenvalue weighted by molar-refractivity contribution is 8.01. The average Bonchev–Trinajstić information content (AvgIpc) is 2.67. The fraction of sp³-hybridized carbons (Fsp3) is 0.455. The van der Waals surface area contributed by atoms with Crippen molar-refractivity contribution < 1.29 is 4.79 Å². The SMILES string of the molecule is CC1(C(=O)c2cccnc2)CCCS1. The minimum atomic E-state index is -0.205. The van der Waals surface area contributed by atoms with Crippen LogP contribution in [0.15, 0.2) is 24.5 Å². The molecule has 1 aromatic heterocycles. The maximum Gasteiger partial charge on any atom is 0.180 e. The van der Waals surface area contributed by atoms with Crippen LogP contribution < -0.4 is 0 Å². The lowest BCUT2D eigenvalue weighted by molar-refractivity contribution is 0.0948. The summed E-state index contributed by atoms with van der Waals surface area (Å²) in [5, 5.41) is 0. The number of pyridine rings is 1. The molecule has 1 aliphatic heterocycles. The third-order valence-electron chi connectivity index (χ3n) is 2.62. The van der Waals surface area contributed by atoms with Gasteiger partial charge in [0.05, 0.1) is 4.75 Å². The highest BCUT2D eigenvalue weighted by Crippen LogP contribution is 2.39. The zero-order chi connectivity index (χ0) is 10.0. The molecule has 14 heavy (non-hydrogen) atoms. The molecule has 1 unspecified atom stereocenters. The summed E-state index contributed by atoms with van der Waals surface area (Å²) < 4.78 is -0.205. The van der Waals surface area contributed by atoms with Gasteiger partial charge in [-0.3, -0.25) is 9.78 Å². The smallest absolute Gasteiger partial charge is 0.180 e. The zero-order valence-electron chi connectivity index (χ0n) is 8.19. The van der Waals surface area contributed by atoms with E-state index in [1.54, 1.807) is 24.2 Å². The monoisotopic (exact) mass is 207 g/mol. The fourth-order valence-electron chi connectivity index (χ4n) is 1.76. The molecule has 0 spiro atoms. The van der Waals surface area contributed by atoms with E-state index in [9.17, 15) is 4.79 Å². The molecule has 1 aromatic rings. The van der Waals surface area contributed by atoms with Crippen LogP contribution in [0, 0.1) is 0 Å². The molecule has 1 aliphatic rings. The Bertz CT molecular complexity index is 330. The summed E-state index contributed by atoms with van der Waals surface area (Å²) in [7, 11) is 0. The van der Waals surface area contributed by atoms with Gasteiger partial charge in [-0.25, -0.2) is 0 Å². The van der Waals surface area contributed by atoms with Crippen LogP contribution in [0.25, 0.3) is 0 Å². The summed E-state index contributed by atoms with van der Waals surface area (Å²) >= 11 is 1.77. The molecule has 74 valence electrons. The number of ketones is 1. The summed E-state index contributed by atoms with van der Waals surface area (Å²) in [4.78, 5) is 16.1. The number of Topliss-reactive ketones (excluding diaryl/α,β-unsaturated/α-hetero) is 1. The Kier molecular flexibility index (Phi) is 2.59. The van der Waals surface area contributed by atoms with E-state index in [2.05, 4.69) is 4.98 Å².